The third-order valence-electron chi connectivity index (χ3n) is 4.14. The summed E-state index contributed by atoms with van der Waals surface area (Å²) in [5.41, 5.74) is 1.74. The molecule has 21 heavy (non-hydrogen) atoms. The highest BCUT2D eigenvalue weighted by molar-refractivity contribution is 6.09. The van der Waals surface area contributed by atoms with Crippen molar-refractivity contribution in [3.8, 4) is 0 Å². The highest BCUT2D eigenvalue weighted by Gasteiger charge is 2.33. The number of hydrogen-bond acceptors (Lipinski definition) is 2. The average molecular weight is 282 g/mol. The quantitative estimate of drug-likeness (QED) is 0.847. The second-order valence-electron chi connectivity index (χ2n) is 5.87. The summed E-state index contributed by atoms with van der Waals surface area (Å²) in [4.78, 5) is 27.2. The Hall–Kier alpha value is -2.36. The first kappa shape index (κ1) is 13.6. The van der Waals surface area contributed by atoms with E-state index < -0.39 is 0 Å². The maximum absolute atomic E-state index is 12.2. The number of aromatic nitrogens is 1. The van der Waals surface area contributed by atoms with Crippen molar-refractivity contribution in [2.24, 2.45) is 0 Å². The summed E-state index contributed by atoms with van der Waals surface area (Å²) in [5.74, 6) is -0.119. The Kier molecular flexibility index (Phi) is 3.37. The number of rotatable bonds is 4. The molecule has 2 N–H and O–H groups in total. The molecule has 4 nitrogen and oxygen atoms in total. The third-order valence-corrected chi connectivity index (χ3v) is 4.14. The second-order valence-corrected chi connectivity index (χ2v) is 5.87. The fourth-order valence-corrected chi connectivity index (χ4v) is 2.58. The number of carbonyl (C=O) groups is 2. The molecule has 4 heteroatoms. The molecule has 1 aromatic carbocycles. The Morgan fingerprint density at radius 2 is 1.71 bits per heavy atom. The van der Waals surface area contributed by atoms with Crippen LogP contribution in [-0.4, -0.2) is 22.2 Å². The van der Waals surface area contributed by atoms with Crippen LogP contribution in [0.3, 0.4) is 0 Å². The fourth-order valence-electron chi connectivity index (χ4n) is 2.58. The maximum atomic E-state index is 12.2. The zero-order valence-corrected chi connectivity index (χ0v) is 12.0. The lowest BCUT2D eigenvalue weighted by atomic mass is 9.78. The molecule has 0 spiro atoms. The fraction of sp³-hybridized carbons (Fsp3) is 0.294. The SMILES string of the molecule is CC1(NC(=O)c2ccc(C(=O)c3cc[nH]c3)cc2)CCC1. The summed E-state index contributed by atoms with van der Waals surface area (Å²) < 4.78 is 0. The van der Waals surface area contributed by atoms with Crippen LogP contribution in [0.2, 0.25) is 0 Å². The molecule has 0 aliphatic heterocycles. The molecule has 0 unspecified atom stereocenters. The monoisotopic (exact) mass is 282 g/mol. The smallest absolute Gasteiger partial charge is 0.251 e. The normalized spacial score (nSPS) is 16.0. The number of ketones is 1. The Morgan fingerprint density at radius 1 is 1.05 bits per heavy atom. The summed E-state index contributed by atoms with van der Waals surface area (Å²) in [6.45, 7) is 2.07. The predicted octanol–water partition coefficient (Wildman–Crippen LogP) is 2.92. The van der Waals surface area contributed by atoms with Crippen molar-refractivity contribution >= 4 is 11.7 Å². The zero-order chi connectivity index (χ0) is 14.9. The van der Waals surface area contributed by atoms with Crippen LogP contribution in [-0.2, 0) is 0 Å². The number of H-pyrrole nitrogens is 1. The minimum atomic E-state index is -0.0714. The maximum Gasteiger partial charge on any atom is 0.251 e. The second kappa shape index (κ2) is 5.20. The summed E-state index contributed by atoms with van der Waals surface area (Å²) in [7, 11) is 0. The molecule has 2 aromatic rings. The van der Waals surface area contributed by atoms with Gasteiger partial charge < -0.3 is 10.3 Å². The van der Waals surface area contributed by atoms with Gasteiger partial charge in [0.15, 0.2) is 5.78 Å². The Morgan fingerprint density at radius 3 is 2.24 bits per heavy atom. The molecule has 0 saturated heterocycles. The molecule has 108 valence electrons. The molecule has 1 saturated carbocycles. The molecule has 1 aromatic heterocycles. The van der Waals surface area contributed by atoms with Gasteiger partial charge >= 0.3 is 0 Å². The van der Waals surface area contributed by atoms with E-state index in [1.54, 1.807) is 42.7 Å². The number of hydrogen-bond donors (Lipinski definition) is 2. The van der Waals surface area contributed by atoms with E-state index in [0.29, 0.717) is 16.7 Å². The molecule has 1 fully saturated rings. The molecule has 0 radical (unpaired) electrons. The van der Waals surface area contributed by atoms with Crippen molar-refractivity contribution in [2.75, 3.05) is 0 Å². The van der Waals surface area contributed by atoms with E-state index >= 15 is 0 Å². The third kappa shape index (κ3) is 2.75. The van der Waals surface area contributed by atoms with Gasteiger partial charge in [0, 0.05) is 34.6 Å². The van der Waals surface area contributed by atoms with Crippen LogP contribution in [0.1, 0.15) is 52.5 Å². The average Bonchev–Trinajstić information content (AvgIpc) is 2.99. The number of amides is 1. The van der Waals surface area contributed by atoms with Crippen molar-refractivity contribution in [3.05, 3.63) is 59.4 Å². The molecule has 3 rings (SSSR count). The first-order valence-corrected chi connectivity index (χ1v) is 7.17. The first-order valence-electron chi connectivity index (χ1n) is 7.17. The first-order chi connectivity index (χ1) is 10.1. The number of benzene rings is 1. The van der Waals surface area contributed by atoms with Crippen molar-refractivity contribution in [1.29, 1.82) is 0 Å². The molecule has 1 aliphatic carbocycles. The van der Waals surface area contributed by atoms with Crippen LogP contribution in [0, 0.1) is 0 Å². The Labute approximate surface area is 123 Å². The van der Waals surface area contributed by atoms with Gasteiger partial charge in [0.25, 0.3) is 5.91 Å². The van der Waals surface area contributed by atoms with Gasteiger partial charge in [-0.1, -0.05) is 12.1 Å². The van der Waals surface area contributed by atoms with E-state index in [1.807, 2.05) is 0 Å². The van der Waals surface area contributed by atoms with Gasteiger partial charge in [0.05, 0.1) is 0 Å². The number of aromatic amines is 1. The van der Waals surface area contributed by atoms with Crippen LogP contribution in [0.5, 0.6) is 0 Å². The number of nitrogens with one attached hydrogen (secondary N) is 2. The molecule has 1 heterocycles. The van der Waals surface area contributed by atoms with Gasteiger partial charge in [-0.25, -0.2) is 0 Å². The molecular formula is C17H18N2O2. The van der Waals surface area contributed by atoms with Gasteiger partial charge in [-0.3, -0.25) is 9.59 Å². The van der Waals surface area contributed by atoms with Crippen LogP contribution < -0.4 is 5.32 Å². The van der Waals surface area contributed by atoms with Gasteiger partial charge in [-0.15, -0.1) is 0 Å². The molecule has 0 atom stereocenters. The van der Waals surface area contributed by atoms with Gasteiger partial charge in [0.2, 0.25) is 0 Å². The number of carbonyl (C=O) groups excluding carboxylic acids is 2. The Balaban J connectivity index is 1.72. The molecule has 0 bridgehead atoms. The zero-order valence-electron chi connectivity index (χ0n) is 12.0. The summed E-state index contributed by atoms with van der Waals surface area (Å²) in [6, 6.07) is 8.55. The summed E-state index contributed by atoms with van der Waals surface area (Å²) in [5, 5.41) is 3.06. The standard InChI is InChI=1S/C17H18N2O2/c1-17(8-2-9-17)19-16(21)13-5-3-12(4-6-13)15(20)14-7-10-18-11-14/h3-7,10-11,18H,2,8-9H2,1H3,(H,19,21). The van der Waals surface area contributed by atoms with E-state index in [2.05, 4.69) is 17.2 Å². The topological polar surface area (TPSA) is 62.0 Å². The molecule has 1 aliphatic rings. The van der Waals surface area contributed by atoms with Crippen molar-refractivity contribution in [2.45, 2.75) is 31.7 Å². The summed E-state index contributed by atoms with van der Waals surface area (Å²) >= 11 is 0. The lowest BCUT2D eigenvalue weighted by Crippen LogP contribution is -2.50. The van der Waals surface area contributed by atoms with Crippen molar-refractivity contribution in [3.63, 3.8) is 0 Å². The minimum Gasteiger partial charge on any atom is -0.367 e. The predicted molar refractivity (Wildman–Crippen MR) is 80.4 cm³/mol. The summed E-state index contributed by atoms with van der Waals surface area (Å²) in [6.07, 6.45) is 6.61. The molecule has 1 amide bonds. The lowest BCUT2D eigenvalue weighted by Gasteiger charge is -2.39. The highest BCUT2D eigenvalue weighted by Crippen LogP contribution is 2.31. The lowest BCUT2D eigenvalue weighted by molar-refractivity contribution is 0.0849. The van der Waals surface area contributed by atoms with E-state index in [9.17, 15) is 9.59 Å². The van der Waals surface area contributed by atoms with Crippen LogP contribution in [0.25, 0.3) is 0 Å². The molecular weight excluding hydrogens is 264 g/mol. The Bertz CT molecular complexity index is 653. The van der Waals surface area contributed by atoms with Crippen molar-refractivity contribution < 1.29 is 9.59 Å². The van der Waals surface area contributed by atoms with E-state index in [4.69, 9.17) is 0 Å². The van der Waals surface area contributed by atoms with Gasteiger partial charge in [0.1, 0.15) is 0 Å². The van der Waals surface area contributed by atoms with Crippen LogP contribution in [0.4, 0.5) is 0 Å². The highest BCUT2D eigenvalue weighted by atomic mass is 16.2. The van der Waals surface area contributed by atoms with Crippen LogP contribution in [0.15, 0.2) is 42.7 Å². The van der Waals surface area contributed by atoms with Gasteiger partial charge in [-0.2, -0.15) is 0 Å². The van der Waals surface area contributed by atoms with E-state index in [1.165, 1.54) is 6.42 Å². The van der Waals surface area contributed by atoms with Crippen molar-refractivity contribution in [1.82, 2.24) is 10.3 Å². The van der Waals surface area contributed by atoms with Crippen LogP contribution >= 0.6 is 0 Å². The minimum absolute atomic E-state index is 0.0471. The largest absolute Gasteiger partial charge is 0.367 e. The van der Waals surface area contributed by atoms with E-state index in [0.717, 1.165) is 12.8 Å². The van der Waals surface area contributed by atoms with Gasteiger partial charge in [-0.05, 0) is 44.4 Å². The van der Waals surface area contributed by atoms with E-state index in [-0.39, 0.29) is 17.2 Å².